The Morgan fingerprint density at radius 1 is 1.17 bits per heavy atom. The Bertz CT molecular complexity index is 949. The highest BCUT2D eigenvalue weighted by Gasteiger charge is 2.12. The molecule has 0 saturated heterocycles. The summed E-state index contributed by atoms with van der Waals surface area (Å²) in [7, 11) is 2.83. The van der Waals surface area contributed by atoms with E-state index in [1.54, 1.807) is 37.4 Å². The first-order valence-corrected chi connectivity index (χ1v) is 9.28. The molecule has 0 fully saturated rings. The molecule has 0 bridgehead atoms. The molecule has 0 spiro atoms. The van der Waals surface area contributed by atoms with Gasteiger partial charge in [0.25, 0.3) is 5.91 Å². The van der Waals surface area contributed by atoms with Crippen LogP contribution in [0, 0.1) is 11.3 Å². The number of hydrogen-bond acceptors (Lipinski definition) is 6. The topological polar surface area (TPSA) is 97.7 Å². The lowest BCUT2D eigenvalue weighted by Crippen LogP contribution is -2.24. The SMILES string of the molecule is COC(=O)COc1ccc(Br)cc1/C=C(/C#N)C(=O)NCc1ccc(OC)cc1. The van der Waals surface area contributed by atoms with Crippen LogP contribution in [-0.4, -0.2) is 32.7 Å². The summed E-state index contributed by atoms with van der Waals surface area (Å²) in [5.74, 6) is -0.0102. The van der Waals surface area contributed by atoms with Crippen molar-refractivity contribution in [1.82, 2.24) is 5.32 Å². The van der Waals surface area contributed by atoms with Crippen LogP contribution in [0.15, 0.2) is 52.5 Å². The minimum atomic E-state index is -0.541. The first-order chi connectivity index (χ1) is 14.0. The zero-order chi connectivity index (χ0) is 21.2. The van der Waals surface area contributed by atoms with Crippen LogP contribution >= 0.6 is 15.9 Å². The first-order valence-electron chi connectivity index (χ1n) is 8.49. The minimum absolute atomic E-state index is 0.0977. The average Bonchev–Trinajstić information content (AvgIpc) is 2.75. The Balaban J connectivity index is 2.14. The van der Waals surface area contributed by atoms with E-state index >= 15 is 0 Å². The van der Waals surface area contributed by atoms with Crippen molar-refractivity contribution in [3.63, 3.8) is 0 Å². The number of amides is 1. The number of hydrogen-bond donors (Lipinski definition) is 1. The van der Waals surface area contributed by atoms with Gasteiger partial charge in [0, 0.05) is 16.6 Å². The van der Waals surface area contributed by atoms with Crippen molar-refractivity contribution in [2.45, 2.75) is 6.54 Å². The second-order valence-electron chi connectivity index (χ2n) is 5.75. The number of methoxy groups -OCH3 is 2. The molecule has 150 valence electrons. The quantitative estimate of drug-likeness (QED) is 0.370. The van der Waals surface area contributed by atoms with E-state index in [1.165, 1.54) is 13.2 Å². The second kappa shape index (κ2) is 10.9. The Hall–Kier alpha value is -3.31. The monoisotopic (exact) mass is 458 g/mol. The molecule has 0 aliphatic heterocycles. The number of rotatable bonds is 8. The molecule has 0 saturated carbocycles. The van der Waals surface area contributed by atoms with Gasteiger partial charge in [-0.3, -0.25) is 4.79 Å². The maximum atomic E-state index is 12.4. The molecule has 0 unspecified atom stereocenters. The van der Waals surface area contributed by atoms with E-state index in [0.29, 0.717) is 17.1 Å². The minimum Gasteiger partial charge on any atom is -0.497 e. The Morgan fingerprint density at radius 2 is 1.90 bits per heavy atom. The molecule has 29 heavy (non-hydrogen) atoms. The molecular weight excluding hydrogens is 440 g/mol. The predicted molar refractivity (Wildman–Crippen MR) is 110 cm³/mol. The summed E-state index contributed by atoms with van der Waals surface area (Å²) in [4.78, 5) is 23.7. The summed E-state index contributed by atoms with van der Waals surface area (Å²) in [5, 5.41) is 12.1. The largest absolute Gasteiger partial charge is 0.497 e. The number of ether oxygens (including phenoxy) is 3. The second-order valence-corrected chi connectivity index (χ2v) is 6.66. The van der Waals surface area contributed by atoms with Crippen molar-refractivity contribution in [1.29, 1.82) is 5.26 Å². The third-order valence-electron chi connectivity index (χ3n) is 3.82. The Morgan fingerprint density at radius 3 is 2.52 bits per heavy atom. The van der Waals surface area contributed by atoms with Gasteiger partial charge in [-0.25, -0.2) is 4.79 Å². The standard InChI is InChI=1S/C21H19BrN2O5/c1-27-18-6-3-14(4-7-18)12-24-21(26)16(11-23)9-15-10-17(22)5-8-19(15)29-13-20(25)28-2/h3-10H,12-13H2,1-2H3,(H,24,26)/b16-9-. The van der Waals surface area contributed by atoms with E-state index in [1.807, 2.05) is 18.2 Å². The summed E-state index contributed by atoms with van der Waals surface area (Å²) in [6.45, 7) is -0.0312. The van der Waals surface area contributed by atoms with E-state index in [4.69, 9.17) is 9.47 Å². The van der Waals surface area contributed by atoms with Gasteiger partial charge in [-0.2, -0.15) is 5.26 Å². The van der Waals surface area contributed by atoms with Gasteiger partial charge in [0.05, 0.1) is 14.2 Å². The molecule has 0 radical (unpaired) electrons. The molecular formula is C21H19BrN2O5. The van der Waals surface area contributed by atoms with Gasteiger partial charge in [0.2, 0.25) is 0 Å². The number of carbonyl (C=O) groups excluding carboxylic acids is 2. The van der Waals surface area contributed by atoms with E-state index in [2.05, 4.69) is 26.0 Å². The molecule has 7 nitrogen and oxygen atoms in total. The molecule has 8 heteroatoms. The molecule has 0 aliphatic rings. The number of halogens is 1. The predicted octanol–water partition coefficient (Wildman–Crippen LogP) is 3.23. The molecule has 2 aromatic rings. The van der Waals surface area contributed by atoms with Crippen molar-refractivity contribution in [3.8, 4) is 17.6 Å². The van der Waals surface area contributed by atoms with Crippen LogP contribution < -0.4 is 14.8 Å². The highest BCUT2D eigenvalue weighted by atomic mass is 79.9. The van der Waals surface area contributed by atoms with Crippen molar-refractivity contribution >= 4 is 33.9 Å². The molecule has 1 amide bonds. The maximum Gasteiger partial charge on any atom is 0.343 e. The summed E-state index contributed by atoms with van der Waals surface area (Å²) in [5.41, 5.74) is 1.24. The summed E-state index contributed by atoms with van der Waals surface area (Å²) < 4.78 is 15.8. The summed E-state index contributed by atoms with van der Waals surface area (Å²) >= 11 is 3.34. The molecule has 0 heterocycles. The normalized spacial score (nSPS) is 10.6. The summed E-state index contributed by atoms with van der Waals surface area (Å²) in [6.07, 6.45) is 1.40. The van der Waals surface area contributed by atoms with Crippen molar-refractivity contribution in [2.75, 3.05) is 20.8 Å². The number of nitrogens with zero attached hydrogens (tertiary/aromatic N) is 1. The van der Waals surface area contributed by atoms with Crippen LogP contribution in [0.3, 0.4) is 0 Å². The van der Waals surface area contributed by atoms with E-state index in [0.717, 1.165) is 10.0 Å². The lowest BCUT2D eigenvalue weighted by molar-refractivity contribution is -0.142. The maximum absolute atomic E-state index is 12.4. The molecule has 0 aliphatic carbocycles. The Kier molecular flexibility index (Phi) is 8.25. The third kappa shape index (κ3) is 6.66. The molecule has 2 aromatic carbocycles. The first kappa shape index (κ1) is 22.0. The highest BCUT2D eigenvalue weighted by molar-refractivity contribution is 9.10. The van der Waals surface area contributed by atoms with E-state index < -0.39 is 11.9 Å². The van der Waals surface area contributed by atoms with E-state index in [-0.39, 0.29) is 18.7 Å². The van der Waals surface area contributed by atoms with Crippen molar-refractivity contribution in [2.24, 2.45) is 0 Å². The number of carbonyl (C=O) groups is 2. The smallest absolute Gasteiger partial charge is 0.343 e. The molecule has 0 aromatic heterocycles. The van der Waals surface area contributed by atoms with Gasteiger partial charge in [0.15, 0.2) is 6.61 Å². The fraction of sp³-hybridized carbons (Fsp3) is 0.190. The van der Waals surface area contributed by atoms with Crippen LogP contribution in [-0.2, 0) is 20.9 Å². The number of benzene rings is 2. The Labute approximate surface area is 177 Å². The molecule has 1 N–H and O–H groups in total. The van der Waals surface area contributed by atoms with Gasteiger partial charge in [-0.15, -0.1) is 0 Å². The molecule has 2 rings (SSSR count). The zero-order valence-corrected chi connectivity index (χ0v) is 17.5. The van der Waals surface area contributed by atoms with Gasteiger partial charge < -0.3 is 19.5 Å². The van der Waals surface area contributed by atoms with Crippen LogP contribution in [0.2, 0.25) is 0 Å². The average molecular weight is 459 g/mol. The van der Waals surface area contributed by atoms with Crippen molar-refractivity contribution in [3.05, 3.63) is 63.6 Å². The van der Waals surface area contributed by atoms with Gasteiger partial charge in [-0.1, -0.05) is 28.1 Å². The zero-order valence-electron chi connectivity index (χ0n) is 15.9. The fourth-order valence-electron chi connectivity index (χ4n) is 2.28. The number of nitrogens with one attached hydrogen (secondary N) is 1. The third-order valence-corrected chi connectivity index (χ3v) is 4.32. The van der Waals surface area contributed by atoms with Gasteiger partial charge in [0.1, 0.15) is 23.1 Å². The summed E-state index contributed by atoms with van der Waals surface area (Å²) in [6, 6.07) is 14.1. The van der Waals surface area contributed by atoms with E-state index in [9.17, 15) is 14.9 Å². The van der Waals surface area contributed by atoms with Crippen LogP contribution in [0.4, 0.5) is 0 Å². The number of nitriles is 1. The molecule has 0 atom stereocenters. The van der Waals surface area contributed by atoms with Gasteiger partial charge >= 0.3 is 5.97 Å². The fourth-order valence-corrected chi connectivity index (χ4v) is 2.66. The van der Waals surface area contributed by atoms with Gasteiger partial charge in [-0.05, 0) is 42.0 Å². The van der Waals surface area contributed by atoms with Crippen LogP contribution in [0.1, 0.15) is 11.1 Å². The lowest BCUT2D eigenvalue weighted by atomic mass is 10.1. The van der Waals surface area contributed by atoms with Crippen molar-refractivity contribution < 1.29 is 23.8 Å². The highest BCUT2D eigenvalue weighted by Crippen LogP contribution is 2.25. The number of esters is 1. The van der Waals surface area contributed by atoms with Crippen LogP contribution in [0.25, 0.3) is 6.08 Å². The van der Waals surface area contributed by atoms with Crippen LogP contribution in [0.5, 0.6) is 11.5 Å². The lowest BCUT2D eigenvalue weighted by Gasteiger charge is -2.10.